The molecule has 0 aliphatic heterocycles. The zero-order valence-corrected chi connectivity index (χ0v) is 12.2. The Balaban J connectivity index is 3.10. The van der Waals surface area contributed by atoms with Crippen molar-refractivity contribution in [3.05, 3.63) is 0 Å². The maximum Gasteiger partial charge on any atom is 0.137 e. The van der Waals surface area contributed by atoms with Crippen LogP contribution < -0.4 is 5.32 Å². The minimum absolute atomic E-state index is 0.104. The molecule has 0 amide bonds. The molecule has 108 valence electrons. The molecule has 0 atom stereocenters. The predicted molar refractivity (Wildman–Crippen MR) is 72.7 cm³/mol. The van der Waals surface area contributed by atoms with Crippen LogP contribution >= 0.6 is 0 Å². The Morgan fingerprint density at radius 3 is 2.28 bits per heavy atom. The van der Waals surface area contributed by atoms with E-state index < -0.39 is 0 Å². The number of carbonyl (C=O) groups excluding carboxylic acids is 1. The molecule has 0 spiro atoms. The lowest BCUT2D eigenvalue weighted by molar-refractivity contribution is -0.123. The maximum absolute atomic E-state index is 11.3. The fraction of sp³-hybridized carbons (Fsp3) is 0.923. The summed E-state index contributed by atoms with van der Waals surface area (Å²) in [6.45, 7) is 7.83. The van der Waals surface area contributed by atoms with Crippen molar-refractivity contribution in [2.45, 2.75) is 20.3 Å². The van der Waals surface area contributed by atoms with Crippen molar-refractivity contribution in [1.82, 2.24) is 10.2 Å². The Morgan fingerprint density at radius 2 is 1.72 bits per heavy atom. The van der Waals surface area contributed by atoms with Crippen LogP contribution in [0.25, 0.3) is 0 Å². The molecule has 0 unspecified atom stereocenters. The molecule has 18 heavy (non-hydrogen) atoms. The first-order valence-electron chi connectivity index (χ1n) is 6.57. The highest BCUT2D eigenvalue weighted by Crippen LogP contribution is 1.98. The average Bonchev–Trinajstić information content (AvgIpc) is 2.30. The molecular formula is C13H28N2O3. The Morgan fingerprint density at radius 1 is 1.11 bits per heavy atom. The number of carbonyl (C=O) groups is 1. The highest BCUT2D eigenvalue weighted by Gasteiger charge is 2.05. The Kier molecular flexibility index (Phi) is 11.3. The summed E-state index contributed by atoms with van der Waals surface area (Å²) in [4.78, 5) is 13.3. The number of rotatable bonds is 12. The third-order valence-electron chi connectivity index (χ3n) is 2.36. The zero-order chi connectivity index (χ0) is 13.8. The fourth-order valence-corrected chi connectivity index (χ4v) is 1.23. The van der Waals surface area contributed by atoms with Gasteiger partial charge in [-0.25, -0.2) is 0 Å². The number of nitrogens with zero attached hydrogens (tertiary/aromatic N) is 1. The first-order chi connectivity index (χ1) is 8.54. The molecule has 0 rings (SSSR count). The van der Waals surface area contributed by atoms with Gasteiger partial charge in [0, 0.05) is 25.6 Å². The van der Waals surface area contributed by atoms with E-state index in [1.165, 1.54) is 0 Å². The van der Waals surface area contributed by atoms with Gasteiger partial charge in [-0.3, -0.25) is 9.69 Å². The van der Waals surface area contributed by atoms with Gasteiger partial charge in [0.25, 0.3) is 0 Å². The molecule has 0 aromatic heterocycles. The summed E-state index contributed by atoms with van der Waals surface area (Å²) < 4.78 is 10.7. The third kappa shape index (κ3) is 12.0. The van der Waals surface area contributed by atoms with Crippen LogP contribution in [0.2, 0.25) is 0 Å². The lowest BCUT2D eigenvalue weighted by Crippen LogP contribution is -2.30. The lowest BCUT2D eigenvalue weighted by atomic mass is 10.1. The largest absolute Gasteiger partial charge is 0.379 e. The van der Waals surface area contributed by atoms with Crippen LogP contribution in [0.3, 0.4) is 0 Å². The summed E-state index contributed by atoms with van der Waals surface area (Å²) in [5, 5.41) is 3.23. The van der Waals surface area contributed by atoms with Gasteiger partial charge >= 0.3 is 0 Å². The molecular weight excluding hydrogens is 232 g/mol. The number of Topliss-reactive ketones (excluding diaryl/α,β-unsaturated/α-hetero) is 1. The predicted octanol–water partition coefficient (Wildman–Crippen LogP) is 0.744. The van der Waals surface area contributed by atoms with Crippen molar-refractivity contribution in [3.8, 4) is 0 Å². The second kappa shape index (κ2) is 11.6. The average molecular weight is 260 g/mol. The summed E-state index contributed by atoms with van der Waals surface area (Å²) in [6, 6.07) is 0. The van der Waals surface area contributed by atoms with E-state index in [0.717, 1.165) is 13.2 Å². The van der Waals surface area contributed by atoms with E-state index in [1.54, 1.807) is 0 Å². The van der Waals surface area contributed by atoms with Crippen LogP contribution in [0.5, 0.6) is 0 Å². The first-order valence-corrected chi connectivity index (χ1v) is 6.57. The van der Waals surface area contributed by atoms with E-state index in [4.69, 9.17) is 9.47 Å². The highest BCUT2D eigenvalue weighted by molar-refractivity contribution is 5.80. The van der Waals surface area contributed by atoms with Crippen molar-refractivity contribution in [1.29, 1.82) is 0 Å². The van der Waals surface area contributed by atoms with Crippen molar-refractivity contribution in [3.63, 3.8) is 0 Å². The van der Waals surface area contributed by atoms with Gasteiger partial charge in [0.05, 0.1) is 26.4 Å². The Hall–Kier alpha value is -0.490. The van der Waals surface area contributed by atoms with Crippen LogP contribution in [0.15, 0.2) is 0 Å². The van der Waals surface area contributed by atoms with E-state index in [2.05, 4.69) is 10.2 Å². The van der Waals surface area contributed by atoms with Crippen molar-refractivity contribution in [2.75, 3.05) is 53.7 Å². The Bertz CT molecular complexity index is 208. The van der Waals surface area contributed by atoms with Gasteiger partial charge in [-0.1, -0.05) is 13.8 Å². The molecule has 5 heteroatoms. The molecule has 0 fully saturated rings. The van der Waals surface area contributed by atoms with E-state index in [-0.39, 0.29) is 11.7 Å². The molecule has 0 heterocycles. The van der Waals surface area contributed by atoms with E-state index >= 15 is 0 Å². The molecule has 0 aromatic rings. The number of hydrogen-bond acceptors (Lipinski definition) is 5. The van der Waals surface area contributed by atoms with Gasteiger partial charge in [0.1, 0.15) is 5.78 Å². The topological polar surface area (TPSA) is 50.8 Å². The van der Waals surface area contributed by atoms with Crippen LogP contribution in [-0.4, -0.2) is 64.4 Å². The molecule has 0 radical (unpaired) electrons. The van der Waals surface area contributed by atoms with E-state index in [9.17, 15) is 4.79 Å². The van der Waals surface area contributed by atoms with E-state index in [0.29, 0.717) is 32.8 Å². The normalized spacial score (nSPS) is 11.4. The smallest absolute Gasteiger partial charge is 0.137 e. The Labute approximate surface area is 111 Å². The summed E-state index contributed by atoms with van der Waals surface area (Å²) in [5.74, 6) is 0.358. The number of ketones is 1. The molecule has 1 N–H and O–H groups in total. The van der Waals surface area contributed by atoms with Crippen LogP contribution in [0, 0.1) is 5.92 Å². The van der Waals surface area contributed by atoms with Crippen molar-refractivity contribution >= 4 is 5.78 Å². The highest BCUT2D eigenvalue weighted by atomic mass is 16.5. The molecule has 0 saturated carbocycles. The quantitative estimate of drug-likeness (QED) is 0.414. The summed E-state index contributed by atoms with van der Waals surface area (Å²) in [5.41, 5.74) is 0. The molecule has 0 bridgehead atoms. The van der Waals surface area contributed by atoms with Crippen LogP contribution in [-0.2, 0) is 14.3 Å². The lowest BCUT2D eigenvalue weighted by Gasteiger charge is -2.11. The monoisotopic (exact) mass is 260 g/mol. The van der Waals surface area contributed by atoms with Crippen molar-refractivity contribution < 1.29 is 14.3 Å². The van der Waals surface area contributed by atoms with Crippen LogP contribution in [0.1, 0.15) is 20.3 Å². The number of ether oxygens (including phenoxy) is 2. The maximum atomic E-state index is 11.3. The molecule has 0 aromatic carbocycles. The van der Waals surface area contributed by atoms with Gasteiger partial charge < -0.3 is 14.8 Å². The molecule has 0 aliphatic rings. The standard InChI is InChI=1S/C13H28N2O3/c1-12(2)13(16)5-7-17-9-10-18-8-6-14-11-15(3)4/h12,14H,5-11H2,1-4H3. The SMILES string of the molecule is CC(C)C(=O)CCOCCOCCNCN(C)C. The first kappa shape index (κ1) is 17.5. The van der Waals surface area contributed by atoms with Gasteiger partial charge in [-0.05, 0) is 14.1 Å². The van der Waals surface area contributed by atoms with Gasteiger partial charge in [-0.15, -0.1) is 0 Å². The summed E-state index contributed by atoms with van der Waals surface area (Å²) >= 11 is 0. The summed E-state index contributed by atoms with van der Waals surface area (Å²) in [7, 11) is 4.03. The van der Waals surface area contributed by atoms with Crippen molar-refractivity contribution in [2.24, 2.45) is 5.92 Å². The second-order valence-electron chi connectivity index (χ2n) is 4.83. The fourth-order valence-electron chi connectivity index (χ4n) is 1.23. The van der Waals surface area contributed by atoms with Crippen LogP contribution in [0.4, 0.5) is 0 Å². The second-order valence-corrected chi connectivity index (χ2v) is 4.83. The molecule has 5 nitrogen and oxygen atoms in total. The number of hydrogen-bond donors (Lipinski definition) is 1. The van der Waals surface area contributed by atoms with Gasteiger partial charge in [0.2, 0.25) is 0 Å². The van der Waals surface area contributed by atoms with E-state index in [1.807, 2.05) is 27.9 Å². The number of nitrogens with one attached hydrogen (secondary N) is 1. The van der Waals surface area contributed by atoms with Gasteiger partial charge in [0.15, 0.2) is 0 Å². The van der Waals surface area contributed by atoms with Gasteiger partial charge in [-0.2, -0.15) is 0 Å². The molecule has 0 aliphatic carbocycles. The summed E-state index contributed by atoms with van der Waals surface area (Å²) in [6.07, 6.45) is 0.502. The zero-order valence-electron chi connectivity index (χ0n) is 12.2. The third-order valence-corrected chi connectivity index (χ3v) is 2.36. The molecule has 0 saturated heterocycles. The minimum atomic E-state index is 0.104. The minimum Gasteiger partial charge on any atom is -0.379 e.